The molecule has 0 unspecified atom stereocenters. The van der Waals surface area contributed by atoms with Gasteiger partial charge in [-0.25, -0.2) is 4.68 Å². The smallest absolute Gasteiger partial charge is 0.249 e. The predicted molar refractivity (Wildman–Crippen MR) is 68.8 cm³/mol. The molecule has 0 saturated heterocycles. The summed E-state index contributed by atoms with van der Waals surface area (Å²) in [5.74, 6) is 0.738. The first-order valence-corrected chi connectivity index (χ1v) is 6.79. The molecule has 8 heteroatoms. The topological polar surface area (TPSA) is 90.5 Å². The van der Waals surface area contributed by atoms with E-state index in [0.717, 1.165) is 24.8 Å². The molecule has 2 aromatic heterocycles. The standard InChI is InChI=1S/C12H15N7O/c1-18-6-7(5-13-18)9-4-10(9)11(20)14-12-15-16-17-19(12)8-2-3-8/h5-6,8-10H,2-4H2,1H3,(H,14,15,17,20)/t9-,10+/m0/s1. The Morgan fingerprint density at radius 3 is 3.00 bits per heavy atom. The molecule has 104 valence electrons. The molecule has 2 fully saturated rings. The van der Waals surface area contributed by atoms with E-state index in [0.29, 0.717) is 12.0 Å². The predicted octanol–water partition coefficient (Wildman–Crippen LogP) is 0.484. The maximum absolute atomic E-state index is 12.2. The minimum absolute atomic E-state index is 0.00329. The molecule has 4 rings (SSSR count). The molecule has 0 radical (unpaired) electrons. The lowest BCUT2D eigenvalue weighted by atomic mass is 10.2. The average molecular weight is 273 g/mol. The molecule has 0 bridgehead atoms. The number of carbonyl (C=O) groups excluding carboxylic acids is 1. The number of hydrogen-bond donors (Lipinski definition) is 1. The number of anilines is 1. The molecule has 8 nitrogen and oxygen atoms in total. The molecule has 20 heavy (non-hydrogen) atoms. The van der Waals surface area contributed by atoms with Crippen molar-refractivity contribution in [1.29, 1.82) is 0 Å². The lowest BCUT2D eigenvalue weighted by Gasteiger charge is -2.04. The summed E-state index contributed by atoms with van der Waals surface area (Å²) in [5.41, 5.74) is 1.12. The molecule has 2 aliphatic rings. The van der Waals surface area contributed by atoms with Crippen LogP contribution < -0.4 is 5.32 Å². The second kappa shape index (κ2) is 4.12. The first-order chi connectivity index (χ1) is 9.72. The Balaban J connectivity index is 1.43. The maximum Gasteiger partial charge on any atom is 0.249 e. The summed E-state index contributed by atoms with van der Waals surface area (Å²) >= 11 is 0. The summed E-state index contributed by atoms with van der Waals surface area (Å²) in [7, 11) is 1.88. The van der Waals surface area contributed by atoms with Crippen molar-refractivity contribution in [3.63, 3.8) is 0 Å². The van der Waals surface area contributed by atoms with Crippen molar-refractivity contribution in [3.05, 3.63) is 18.0 Å². The Labute approximate surface area is 115 Å². The minimum Gasteiger partial charge on any atom is -0.293 e. The van der Waals surface area contributed by atoms with Gasteiger partial charge in [0.25, 0.3) is 0 Å². The van der Waals surface area contributed by atoms with Crippen molar-refractivity contribution in [2.24, 2.45) is 13.0 Å². The largest absolute Gasteiger partial charge is 0.293 e. The molecule has 0 aromatic carbocycles. The van der Waals surface area contributed by atoms with Gasteiger partial charge in [-0.3, -0.25) is 14.8 Å². The van der Waals surface area contributed by atoms with Crippen LogP contribution in [0.5, 0.6) is 0 Å². The first-order valence-electron chi connectivity index (χ1n) is 6.79. The fourth-order valence-corrected chi connectivity index (χ4v) is 2.53. The fourth-order valence-electron chi connectivity index (χ4n) is 2.53. The van der Waals surface area contributed by atoms with Gasteiger partial charge in [-0.05, 0) is 41.2 Å². The van der Waals surface area contributed by atoms with Gasteiger partial charge < -0.3 is 0 Å². The number of tetrazole rings is 1. The van der Waals surface area contributed by atoms with Crippen LogP contribution in [0.15, 0.2) is 12.4 Å². The maximum atomic E-state index is 12.2. The van der Waals surface area contributed by atoms with Crippen molar-refractivity contribution in [2.45, 2.75) is 31.2 Å². The molecule has 2 saturated carbocycles. The molecule has 1 N–H and O–H groups in total. The highest BCUT2D eigenvalue weighted by Crippen LogP contribution is 2.47. The summed E-state index contributed by atoms with van der Waals surface area (Å²) in [6, 6.07) is 0.355. The van der Waals surface area contributed by atoms with Crippen molar-refractivity contribution in [2.75, 3.05) is 5.32 Å². The van der Waals surface area contributed by atoms with Crippen LogP contribution in [0.3, 0.4) is 0 Å². The third-order valence-electron chi connectivity index (χ3n) is 3.90. The van der Waals surface area contributed by atoms with Gasteiger partial charge in [0.1, 0.15) is 0 Å². The lowest BCUT2D eigenvalue weighted by molar-refractivity contribution is -0.117. The molecule has 0 aliphatic heterocycles. The van der Waals surface area contributed by atoms with Crippen LogP contribution in [0.2, 0.25) is 0 Å². The number of aryl methyl sites for hydroxylation is 1. The zero-order valence-electron chi connectivity index (χ0n) is 11.1. The summed E-state index contributed by atoms with van der Waals surface area (Å²) in [6.45, 7) is 0. The van der Waals surface area contributed by atoms with E-state index >= 15 is 0 Å². The first kappa shape index (κ1) is 11.6. The summed E-state index contributed by atoms with van der Waals surface area (Å²) in [5, 5.41) is 18.4. The van der Waals surface area contributed by atoms with E-state index in [1.54, 1.807) is 9.36 Å². The van der Waals surface area contributed by atoms with Crippen molar-refractivity contribution >= 4 is 11.9 Å². The van der Waals surface area contributed by atoms with Crippen LogP contribution in [0.1, 0.15) is 36.8 Å². The third-order valence-corrected chi connectivity index (χ3v) is 3.90. The van der Waals surface area contributed by atoms with Crippen LogP contribution in [0.4, 0.5) is 5.95 Å². The van der Waals surface area contributed by atoms with Gasteiger partial charge in [0.05, 0.1) is 12.2 Å². The van der Waals surface area contributed by atoms with Gasteiger partial charge in [0.15, 0.2) is 0 Å². The van der Waals surface area contributed by atoms with E-state index < -0.39 is 0 Å². The Morgan fingerprint density at radius 2 is 2.30 bits per heavy atom. The summed E-state index contributed by atoms with van der Waals surface area (Å²) < 4.78 is 3.47. The van der Waals surface area contributed by atoms with E-state index in [9.17, 15) is 4.79 Å². The molecule has 1 amide bonds. The molecular weight excluding hydrogens is 258 g/mol. The van der Waals surface area contributed by atoms with E-state index in [4.69, 9.17) is 0 Å². The Kier molecular flexibility index (Phi) is 2.38. The molecule has 2 atom stereocenters. The number of rotatable bonds is 4. The normalized spacial score (nSPS) is 24.6. The Hall–Kier alpha value is -2.25. The van der Waals surface area contributed by atoms with E-state index in [-0.39, 0.29) is 17.7 Å². The number of carbonyl (C=O) groups is 1. The Bertz CT molecular complexity index is 656. The Morgan fingerprint density at radius 1 is 1.45 bits per heavy atom. The van der Waals surface area contributed by atoms with Gasteiger partial charge in [0, 0.05) is 19.2 Å². The van der Waals surface area contributed by atoms with Crippen molar-refractivity contribution in [3.8, 4) is 0 Å². The lowest BCUT2D eigenvalue weighted by Crippen LogP contribution is -2.18. The quantitative estimate of drug-likeness (QED) is 0.875. The van der Waals surface area contributed by atoms with Gasteiger partial charge in [0.2, 0.25) is 11.9 Å². The van der Waals surface area contributed by atoms with E-state index in [1.165, 1.54) is 0 Å². The van der Waals surface area contributed by atoms with Gasteiger partial charge in [-0.1, -0.05) is 5.10 Å². The van der Waals surface area contributed by atoms with Gasteiger partial charge >= 0.3 is 0 Å². The highest BCUT2D eigenvalue weighted by molar-refractivity contribution is 5.93. The van der Waals surface area contributed by atoms with Crippen molar-refractivity contribution in [1.82, 2.24) is 30.0 Å². The summed E-state index contributed by atoms with van der Waals surface area (Å²) in [6.07, 6.45) is 6.81. The van der Waals surface area contributed by atoms with Gasteiger partial charge in [-0.2, -0.15) is 5.10 Å². The second-order valence-electron chi connectivity index (χ2n) is 5.56. The van der Waals surface area contributed by atoms with Crippen molar-refractivity contribution < 1.29 is 4.79 Å². The monoisotopic (exact) mass is 273 g/mol. The average Bonchev–Trinajstić information content (AvgIpc) is 3.34. The number of nitrogens with one attached hydrogen (secondary N) is 1. The highest BCUT2D eigenvalue weighted by Gasteiger charge is 2.45. The molecule has 2 aliphatic carbocycles. The van der Waals surface area contributed by atoms with E-state index in [2.05, 4.69) is 25.9 Å². The number of amides is 1. The molecular formula is C12H15N7O. The summed E-state index contributed by atoms with van der Waals surface area (Å²) in [4.78, 5) is 12.2. The number of hydrogen-bond acceptors (Lipinski definition) is 5. The third kappa shape index (κ3) is 1.97. The second-order valence-corrected chi connectivity index (χ2v) is 5.56. The number of nitrogens with zero attached hydrogens (tertiary/aromatic N) is 6. The fraction of sp³-hybridized carbons (Fsp3) is 0.583. The van der Waals surface area contributed by atoms with Gasteiger partial charge in [-0.15, -0.1) is 0 Å². The van der Waals surface area contributed by atoms with Crippen LogP contribution in [0, 0.1) is 5.92 Å². The van der Waals surface area contributed by atoms with Crippen LogP contribution >= 0.6 is 0 Å². The van der Waals surface area contributed by atoms with Crippen LogP contribution in [-0.2, 0) is 11.8 Å². The highest BCUT2D eigenvalue weighted by atomic mass is 16.2. The van der Waals surface area contributed by atoms with E-state index in [1.807, 2.05) is 19.4 Å². The zero-order valence-corrected chi connectivity index (χ0v) is 11.1. The van der Waals surface area contributed by atoms with Crippen LogP contribution in [0.25, 0.3) is 0 Å². The SMILES string of the molecule is Cn1cc([C@@H]2C[C@H]2C(=O)Nc2nnnn2C2CC2)cn1. The number of aromatic nitrogens is 6. The zero-order chi connectivity index (χ0) is 13.7. The van der Waals surface area contributed by atoms with Crippen LogP contribution in [-0.4, -0.2) is 35.9 Å². The molecule has 0 spiro atoms. The molecule has 2 heterocycles. The molecule has 2 aromatic rings. The minimum atomic E-state index is -0.00412.